The van der Waals surface area contributed by atoms with Crippen molar-refractivity contribution in [3.63, 3.8) is 0 Å². The summed E-state index contributed by atoms with van der Waals surface area (Å²) < 4.78 is 42.7. The zero-order chi connectivity index (χ0) is 15.1. The van der Waals surface area contributed by atoms with Gasteiger partial charge in [0.05, 0.1) is 19.3 Å². The number of hydrogen-bond acceptors (Lipinski definition) is 3. The van der Waals surface area contributed by atoms with Crippen LogP contribution in [0.1, 0.15) is 44.9 Å². The van der Waals surface area contributed by atoms with Gasteiger partial charge in [0.25, 0.3) is 0 Å². The maximum Gasteiger partial charge on any atom is 0.401 e. The van der Waals surface area contributed by atoms with Crippen LogP contribution >= 0.6 is 0 Å². The molecule has 2 aliphatic rings. The molecule has 0 radical (unpaired) electrons. The first-order valence-electron chi connectivity index (χ1n) is 8.17. The molecule has 0 spiro atoms. The highest BCUT2D eigenvalue weighted by Gasteiger charge is 2.32. The molecule has 124 valence electrons. The molecule has 6 heteroatoms. The molecule has 0 unspecified atom stereocenters. The van der Waals surface area contributed by atoms with Gasteiger partial charge in [-0.25, -0.2) is 0 Å². The van der Waals surface area contributed by atoms with Crippen LogP contribution in [0.5, 0.6) is 0 Å². The van der Waals surface area contributed by atoms with E-state index in [0.717, 1.165) is 19.4 Å². The van der Waals surface area contributed by atoms with Gasteiger partial charge in [0.15, 0.2) is 0 Å². The van der Waals surface area contributed by atoms with Gasteiger partial charge in [0.1, 0.15) is 0 Å². The van der Waals surface area contributed by atoms with E-state index < -0.39 is 12.7 Å². The number of halogens is 3. The van der Waals surface area contributed by atoms with Crippen molar-refractivity contribution in [2.75, 3.05) is 32.8 Å². The van der Waals surface area contributed by atoms with Crippen molar-refractivity contribution in [2.24, 2.45) is 0 Å². The van der Waals surface area contributed by atoms with E-state index in [1.54, 1.807) is 0 Å². The Balaban J connectivity index is 1.50. The van der Waals surface area contributed by atoms with Crippen LogP contribution in [0.4, 0.5) is 13.2 Å². The second-order valence-electron chi connectivity index (χ2n) is 6.25. The van der Waals surface area contributed by atoms with E-state index in [-0.39, 0.29) is 0 Å². The zero-order valence-corrected chi connectivity index (χ0v) is 12.6. The molecule has 1 N–H and O–H groups in total. The highest BCUT2D eigenvalue weighted by atomic mass is 19.4. The Morgan fingerprint density at radius 1 is 1.00 bits per heavy atom. The monoisotopic (exact) mass is 308 g/mol. The van der Waals surface area contributed by atoms with Crippen LogP contribution < -0.4 is 5.32 Å². The Hall–Kier alpha value is -0.330. The Morgan fingerprint density at radius 2 is 1.67 bits per heavy atom. The van der Waals surface area contributed by atoms with Gasteiger partial charge in [-0.15, -0.1) is 0 Å². The number of piperidine rings is 1. The molecule has 2 rings (SSSR count). The van der Waals surface area contributed by atoms with Crippen molar-refractivity contribution >= 4 is 0 Å². The first kappa shape index (κ1) is 17.0. The fourth-order valence-corrected chi connectivity index (χ4v) is 3.27. The quantitative estimate of drug-likeness (QED) is 0.764. The molecule has 1 aliphatic carbocycles. The molecule has 0 aromatic heterocycles. The summed E-state index contributed by atoms with van der Waals surface area (Å²) >= 11 is 0. The second-order valence-corrected chi connectivity index (χ2v) is 6.25. The molecule has 0 amide bonds. The maximum absolute atomic E-state index is 12.3. The molecule has 0 aromatic rings. The van der Waals surface area contributed by atoms with Gasteiger partial charge in [0, 0.05) is 12.6 Å². The molecule has 0 bridgehead atoms. The summed E-state index contributed by atoms with van der Waals surface area (Å²) in [4.78, 5) is 1.50. The van der Waals surface area contributed by atoms with Crippen LogP contribution in [0.3, 0.4) is 0 Å². The van der Waals surface area contributed by atoms with Gasteiger partial charge >= 0.3 is 6.18 Å². The van der Waals surface area contributed by atoms with Gasteiger partial charge in [-0.3, -0.25) is 4.90 Å². The third-order valence-corrected chi connectivity index (χ3v) is 4.43. The molecule has 1 heterocycles. The van der Waals surface area contributed by atoms with Crippen molar-refractivity contribution in [1.82, 2.24) is 10.2 Å². The minimum absolute atomic E-state index is 0.337. The fourth-order valence-electron chi connectivity index (χ4n) is 3.27. The molecule has 0 aromatic carbocycles. The van der Waals surface area contributed by atoms with Gasteiger partial charge in [-0.1, -0.05) is 19.3 Å². The Kier molecular flexibility index (Phi) is 6.76. The van der Waals surface area contributed by atoms with Crippen LogP contribution in [-0.2, 0) is 4.74 Å². The van der Waals surface area contributed by atoms with Gasteiger partial charge in [0.2, 0.25) is 0 Å². The third-order valence-electron chi connectivity index (χ3n) is 4.43. The van der Waals surface area contributed by atoms with Crippen molar-refractivity contribution in [2.45, 2.75) is 63.3 Å². The van der Waals surface area contributed by atoms with Crippen molar-refractivity contribution in [3.05, 3.63) is 0 Å². The number of likely N-dealkylation sites (tertiary alicyclic amines) is 1. The standard InChI is InChI=1S/C15H27F3N2O/c16-15(17,18)12-20-9-6-13(7-10-20)19-8-11-21-14-4-2-1-3-5-14/h13-14,19H,1-12H2. The summed E-state index contributed by atoms with van der Waals surface area (Å²) in [5.74, 6) is 0. The number of rotatable bonds is 6. The summed E-state index contributed by atoms with van der Waals surface area (Å²) in [6, 6.07) is 0.337. The van der Waals surface area contributed by atoms with Crippen LogP contribution in [0.25, 0.3) is 0 Å². The summed E-state index contributed by atoms with van der Waals surface area (Å²) in [5, 5.41) is 3.41. The molecular weight excluding hydrogens is 281 g/mol. The molecular formula is C15H27F3N2O. The summed E-state index contributed by atoms with van der Waals surface area (Å²) in [6.45, 7) is 1.81. The Labute approximate surface area is 125 Å². The highest BCUT2D eigenvalue weighted by molar-refractivity contribution is 4.78. The molecule has 0 atom stereocenters. The lowest BCUT2D eigenvalue weighted by Gasteiger charge is -2.33. The predicted octanol–water partition coefficient (Wildman–Crippen LogP) is 2.95. The lowest BCUT2D eigenvalue weighted by molar-refractivity contribution is -0.148. The predicted molar refractivity (Wildman–Crippen MR) is 76.3 cm³/mol. The Bertz CT molecular complexity index is 285. The topological polar surface area (TPSA) is 24.5 Å². The number of nitrogens with zero attached hydrogens (tertiary/aromatic N) is 1. The first-order chi connectivity index (χ1) is 10.0. The van der Waals surface area contributed by atoms with E-state index in [9.17, 15) is 13.2 Å². The Morgan fingerprint density at radius 3 is 2.29 bits per heavy atom. The smallest absolute Gasteiger partial charge is 0.377 e. The van der Waals surface area contributed by atoms with E-state index in [2.05, 4.69) is 5.32 Å². The van der Waals surface area contributed by atoms with E-state index in [4.69, 9.17) is 4.74 Å². The van der Waals surface area contributed by atoms with Gasteiger partial charge in [-0.05, 0) is 38.8 Å². The number of hydrogen-bond donors (Lipinski definition) is 1. The van der Waals surface area contributed by atoms with Crippen LogP contribution in [0.2, 0.25) is 0 Å². The summed E-state index contributed by atoms with van der Waals surface area (Å²) in [7, 11) is 0. The van der Waals surface area contributed by atoms with Crippen LogP contribution in [0.15, 0.2) is 0 Å². The van der Waals surface area contributed by atoms with Gasteiger partial charge in [-0.2, -0.15) is 13.2 Å². The van der Waals surface area contributed by atoms with Crippen LogP contribution in [0, 0.1) is 0 Å². The minimum atomic E-state index is -4.08. The maximum atomic E-state index is 12.3. The van der Waals surface area contributed by atoms with Crippen molar-refractivity contribution in [3.8, 4) is 0 Å². The number of ether oxygens (including phenoxy) is 1. The number of nitrogens with one attached hydrogen (secondary N) is 1. The average Bonchev–Trinajstić information content (AvgIpc) is 2.45. The number of alkyl halides is 3. The fraction of sp³-hybridized carbons (Fsp3) is 1.00. The second kappa shape index (κ2) is 8.34. The highest BCUT2D eigenvalue weighted by Crippen LogP contribution is 2.21. The normalized spacial score (nSPS) is 23.6. The molecule has 1 saturated carbocycles. The van der Waals surface area contributed by atoms with Crippen LogP contribution in [-0.4, -0.2) is 56.0 Å². The summed E-state index contributed by atoms with van der Waals surface area (Å²) in [5.41, 5.74) is 0. The molecule has 2 fully saturated rings. The van der Waals surface area contributed by atoms with E-state index >= 15 is 0 Å². The zero-order valence-electron chi connectivity index (χ0n) is 12.6. The lowest BCUT2D eigenvalue weighted by Crippen LogP contribution is -2.46. The van der Waals surface area contributed by atoms with Gasteiger partial charge < -0.3 is 10.1 Å². The van der Waals surface area contributed by atoms with E-state index in [1.807, 2.05) is 0 Å². The van der Waals surface area contributed by atoms with Crippen molar-refractivity contribution < 1.29 is 17.9 Å². The molecule has 21 heavy (non-hydrogen) atoms. The first-order valence-corrected chi connectivity index (χ1v) is 8.17. The largest absolute Gasteiger partial charge is 0.401 e. The average molecular weight is 308 g/mol. The third kappa shape index (κ3) is 6.98. The summed E-state index contributed by atoms with van der Waals surface area (Å²) in [6.07, 6.45) is 4.16. The lowest BCUT2D eigenvalue weighted by atomic mass is 9.98. The molecule has 1 saturated heterocycles. The van der Waals surface area contributed by atoms with Crippen molar-refractivity contribution in [1.29, 1.82) is 0 Å². The molecule has 3 nitrogen and oxygen atoms in total. The minimum Gasteiger partial charge on any atom is -0.377 e. The molecule has 1 aliphatic heterocycles. The van der Waals surface area contributed by atoms with E-state index in [1.165, 1.54) is 37.0 Å². The van der Waals surface area contributed by atoms with E-state index in [0.29, 0.717) is 31.8 Å². The SMILES string of the molecule is FC(F)(F)CN1CCC(NCCOC2CCCCC2)CC1.